The molecule has 0 radical (unpaired) electrons. The largest absolute Gasteiger partial charge is 0.497 e. The van der Waals surface area contributed by atoms with Crippen LogP contribution in [0.25, 0.3) is 11.1 Å². The van der Waals surface area contributed by atoms with E-state index in [9.17, 15) is 14.4 Å². The number of Topliss-reactive ketones (excluding diaryl/α,β-unsaturated/α-hetero) is 1. The van der Waals surface area contributed by atoms with Gasteiger partial charge in [0.15, 0.2) is 0 Å². The van der Waals surface area contributed by atoms with Crippen LogP contribution >= 0.6 is 0 Å². The quantitative estimate of drug-likeness (QED) is 0.809. The molecule has 1 heterocycles. The van der Waals surface area contributed by atoms with Crippen molar-refractivity contribution in [1.82, 2.24) is 4.90 Å². The average molecular weight is 380 g/mol. The van der Waals surface area contributed by atoms with Crippen LogP contribution in [0.4, 0.5) is 5.69 Å². The van der Waals surface area contributed by atoms with Gasteiger partial charge in [-0.1, -0.05) is 24.3 Å². The van der Waals surface area contributed by atoms with Gasteiger partial charge in [-0.3, -0.25) is 14.4 Å². The lowest BCUT2D eigenvalue weighted by atomic mass is 9.96. The molecule has 0 aromatic heterocycles. The summed E-state index contributed by atoms with van der Waals surface area (Å²) in [6.45, 7) is 2.07. The minimum Gasteiger partial charge on any atom is -0.497 e. The van der Waals surface area contributed by atoms with E-state index in [4.69, 9.17) is 4.74 Å². The van der Waals surface area contributed by atoms with Crippen molar-refractivity contribution >= 4 is 23.3 Å². The number of carbonyl (C=O) groups is 3. The first-order valence-corrected chi connectivity index (χ1v) is 9.33. The molecular formula is C22H24N2O4. The van der Waals surface area contributed by atoms with Crippen LogP contribution in [0.2, 0.25) is 0 Å². The topological polar surface area (TPSA) is 75.7 Å². The summed E-state index contributed by atoms with van der Waals surface area (Å²) in [7, 11) is 1.63. The Morgan fingerprint density at radius 1 is 1.07 bits per heavy atom. The van der Waals surface area contributed by atoms with Crippen LogP contribution in [0.1, 0.15) is 19.8 Å². The Balaban J connectivity index is 1.64. The third-order valence-corrected chi connectivity index (χ3v) is 4.94. The van der Waals surface area contributed by atoms with Crippen molar-refractivity contribution in [2.24, 2.45) is 5.92 Å². The summed E-state index contributed by atoms with van der Waals surface area (Å²) in [5, 5.41) is 2.92. The molecule has 2 aromatic carbocycles. The molecule has 6 heteroatoms. The molecule has 1 fully saturated rings. The first-order chi connectivity index (χ1) is 13.5. The Labute approximate surface area is 164 Å². The number of piperidine rings is 1. The predicted molar refractivity (Wildman–Crippen MR) is 107 cm³/mol. The van der Waals surface area contributed by atoms with Crippen molar-refractivity contribution in [3.05, 3.63) is 48.5 Å². The van der Waals surface area contributed by atoms with Gasteiger partial charge in [-0.2, -0.15) is 0 Å². The van der Waals surface area contributed by atoms with Crippen LogP contribution in [0.3, 0.4) is 0 Å². The summed E-state index contributed by atoms with van der Waals surface area (Å²) in [5.41, 5.74) is 2.75. The van der Waals surface area contributed by atoms with Crippen LogP contribution in [-0.4, -0.2) is 42.7 Å². The molecule has 0 aliphatic carbocycles. The molecule has 1 aliphatic rings. The number of likely N-dealkylation sites (tertiary alicyclic amines) is 1. The maximum absolute atomic E-state index is 12.6. The molecule has 1 aliphatic heterocycles. The summed E-state index contributed by atoms with van der Waals surface area (Å²) in [6.07, 6.45) is 1.42. The number of methoxy groups -OCH3 is 1. The van der Waals surface area contributed by atoms with Crippen molar-refractivity contribution in [1.29, 1.82) is 0 Å². The number of hydrogen-bond acceptors (Lipinski definition) is 4. The van der Waals surface area contributed by atoms with E-state index in [1.54, 1.807) is 7.11 Å². The zero-order valence-electron chi connectivity index (χ0n) is 16.1. The van der Waals surface area contributed by atoms with Crippen molar-refractivity contribution in [3.63, 3.8) is 0 Å². The predicted octanol–water partition coefficient (Wildman–Crippen LogP) is 3.13. The summed E-state index contributed by atoms with van der Waals surface area (Å²) in [5.74, 6) is -0.656. The standard InChI is InChI=1S/C22H24N2O4/c1-15(25)22(27)24-12-4-6-18(14-24)21(26)23-19-10-8-16(9-11-19)17-5-3-7-20(13-17)28-2/h3,5,7-11,13,18H,4,6,12,14H2,1-2H3,(H,23,26). The van der Waals surface area contributed by atoms with Gasteiger partial charge < -0.3 is 15.0 Å². The van der Waals surface area contributed by atoms with Gasteiger partial charge in [0.05, 0.1) is 13.0 Å². The molecule has 6 nitrogen and oxygen atoms in total. The third-order valence-electron chi connectivity index (χ3n) is 4.94. The van der Waals surface area contributed by atoms with Crippen LogP contribution in [0.15, 0.2) is 48.5 Å². The number of hydrogen-bond donors (Lipinski definition) is 1. The van der Waals surface area contributed by atoms with Gasteiger partial charge >= 0.3 is 0 Å². The lowest BCUT2D eigenvalue weighted by Gasteiger charge is -2.31. The van der Waals surface area contributed by atoms with Crippen molar-refractivity contribution in [2.45, 2.75) is 19.8 Å². The van der Waals surface area contributed by atoms with E-state index in [2.05, 4.69) is 5.32 Å². The smallest absolute Gasteiger partial charge is 0.289 e. The third kappa shape index (κ3) is 4.57. The maximum atomic E-state index is 12.6. The fraction of sp³-hybridized carbons (Fsp3) is 0.318. The average Bonchev–Trinajstić information content (AvgIpc) is 2.73. The molecule has 1 saturated heterocycles. The minimum absolute atomic E-state index is 0.129. The molecule has 1 unspecified atom stereocenters. The molecule has 2 amide bonds. The zero-order valence-corrected chi connectivity index (χ0v) is 16.1. The van der Waals surface area contributed by atoms with Gasteiger partial charge in [0.2, 0.25) is 11.7 Å². The fourth-order valence-electron chi connectivity index (χ4n) is 3.39. The minimum atomic E-state index is -0.514. The van der Waals surface area contributed by atoms with E-state index < -0.39 is 11.7 Å². The lowest BCUT2D eigenvalue weighted by molar-refractivity contribution is -0.145. The Kier molecular flexibility index (Phi) is 6.09. The highest BCUT2D eigenvalue weighted by Gasteiger charge is 2.29. The van der Waals surface area contributed by atoms with Gasteiger partial charge in [-0.15, -0.1) is 0 Å². The number of anilines is 1. The van der Waals surface area contributed by atoms with E-state index in [1.807, 2.05) is 48.5 Å². The van der Waals surface area contributed by atoms with Gasteiger partial charge in [0.25, 0.3) is 5.91 Å². The Bertz CT molecular complexity index is 876. The SMILES string of the molecule is COc1cccc(-c2ccc(NC(=O)C3CCCN(C(=O)C(C)=O)C3)cc2)c1. The summed E-state index contributed by atoms with van der Waals surface area (Å²) in [4.78, 5) is 37.2. The molecule has 1 N–H and O–H groups in total. The van der Waals surface area contributed by atoms with Gasteiger partial charge in [0.1, 0.15) is 5.75 Å². The number of rotatable bonds is 5. The number of amides is 2. The first kappa shape index (κ1) is 19.6. The van der Waals surface area contributed by atoms with Crippen molar-refractivity contribution in [3.8, 4) is 16.9 Å². The Morgan fingerprint density at radius 3 is 2.50 bits per heavy atom. The molecule has 2 aromatic rings. The van der Waals surface area contributed by atoms with Gasteiger partial charge in [-0.05, 0) is 48.2 Å². The van der Waals surface area contributed by atoms with Crippen LogP contribution < -0.4 is 10.1 Å². The molecule has 0 spiro atoms. The summed E-state index contributed by atoms with van der Waals surface area (Å²) in [6, 6.07) is 15.4. The van der Waals surface area contributed by atoms with E-state index in [-0.39, 0.29) is 18.4 Å². The van der Waals surface area contributed by atoms with E-state index in [0.29, 0.717) is 25.1 Å². The van der Waals surface area contributed by atoms with Crippen molar-refractivity contribution < 1.29 is 19.1 Å². The number of benzene rings is 2. The summed E-state index contributed by atoms with van der Waals surface area (Å²) >= 11 is 0. The van der Waals surface area contributed by atoms with E-state index >= 15 is 0 Å². The monoisotopic (exact) mass is 380 g/mol. The molecule has 0 saturated carbocycles. The fourth-order valence-corrected chi connectivity index (χ4v) is 3.39. The molecule has 3 rings (SSSR count). The second kappa shape index (κ2) is 8.69. The van der Waals surface area contributed by atoms with Crippen LogP contribution in [-0.2, 0) is 14.4 Å². The van der Waals surface area contributed by atoms with Crippen LogP contribution in [0, 0.1) is 5.92 Å². The molecular weight excluding hydrogens is 356 g/mol. The van der Waals surface area contributed by atoms with E-state index in [1.165, 1.54) is 11.8 Å². The number of nitrogens with zero attached hydrogens (tertiary/aromatic N) is 1. The number of carbonyl (C=O) groups excluding carboxylic acids is 3. The lowest BCUT2D eigenvalue weighted by Crippen LogP contribution is -2.45. The normalized spacial score (nSPS) is 16.4. The maximum Gasteiger partial charge on any atom is 0.289 e. The number of nitrogens with one attached hydrogen (secondary N) is 1. The zero-order chi connectivity index (χ0) is 20.1. The highest BCUT2D eigenvalue weighted by atomic mass is 16.5. The van der Waals surface area contributed by atoms with E-state index in [0.717, 1.165) is 16.9 Å². The highest BCUT2D eigenvalue weighted by Crippen LogP contribution is 2.25. The van der Waals surface area contributed by atoms with Crippen molar-refractivity contribution in [2.75, 3.05) is 25.5 Å². The van der Waals surface area contributed by atoms with Gasteiger partial charge in [-0.25, -0.2) is 0 Å². The molecule has 1 atom stereocenters. The second-order valence-electron chi connectivity index (χ2n) is 6.95. The molecule has 0 bridgehead atoms. The van der Waals surface area contributed by atoms with Gasteiger partial charge in [0, 0.05) is 25.7 Å². The second-order valence-corrected chi connectivity index (χ2v) is 6.95. The number of ether oxygens (including phenoxy) is 1. The molecule has 28 heavy (non-hydrogen) atoms. The Hall–Kier alpha value is -3.15. The first-order valence-electron chi connectivity index (χ1n) is 9.33. The van der Waals surface area contributed by atoms with Crippen LogP contribution in [0.5, 0.6) is 5.75 Å². The summed E-state index contributed by atoms with van der Waals surface area (Å²) < 4.78 is 5.25. The molecule has 146 valence electrons. The highest BCUT2D eigenvalue weighted by molar-refractivity contribution is 6.35. The number of ketones is 1. The Morgan fingerprint density at radius 2 is 1.82 bits per heavy atom.